The zero-order valence-electron chi connectivity index (χ0n) is 6.84. The Morgan fingerprint density at radius 3 is 2.60 bits per heavy atom. The van der Waals surface area contributed by atoms with Crippen molar-refractivity contribution in [1.82, 2.24) is 0 Å². The number of rotatable bonds is 0. The van der Waals surface area contributed by atoms with E-state index in [1.165, 1.54) is 19.3 Å². The summed E-state index contributed by atoms with van der Waals surface area (Å²) in [5.41, 5.74) is 0. The molecule has 0 N–H and O–H groups in total. The molecule has 2 heterocycles. The van der Waals surface area contributed by atoms with Crippen LogP contribution in [0.25, 0.3) is 0 Å². The van der Waals surface area contributed by atoms with Gasteiger partial charge in [0.05, 0.1) is 12.2 Å². The molecule has 58 valence electrons. The van der Waals surface area contributed by atoms with Crippen LogP contribution in [0.2, 0.25) is 0 Å². The third-order valence-corrected chi connectivity index (χ3v) is 3.05. The molecule has 1 nitrogen and oxygen atoms in total. The molecule has 1 heteroatoms. The molecule has 0 aromatic carbocycles. The van der Waals surface area contributed by atoms with Gasteiger partial charge in [0.15, 0.2) is 0 Å². The van der Waals surface area contributed by atoms with Gasteiger partial charge < -0.3 is 4.74 Å². The number of fused-ring (bicyclic) bond motifs is 2. The van der Waals surface area contributed by atoms with Crippen LogP contribution in [-0.4, -0.2) is 12.2 Å². The Bertz CT molecular complexity index is 129. The Balaban J connectivity index is 2.10. The highest BCUT2D eigenvalue weighted by atomic mass is 16.5. The number of ether oxygens (including phenoxy) is 1. The van der Waals surface area contributed by atoms with E-state index in [4.69, 9.17) is 4.74 Å². The highest BCUT2D eigenvalue weighted by molar-refractivity contribution is 4.87. The lowest BCUT2D eigenvalue weighted by Crippen LogP contribution is -2.27. The molecule has 4 unspecified atom stereocenters. The molecular formula is C9H16O. The summed E-state index contributed by atoms with van der Waals surface area (Å²) in [6, 6.07) is 0. The van der Waals surface area contributed by atoms with Crippen LogP contribution in [-0.2, 0) is 4.74 Å². The predicted octanol–water partition coefficient (Wildman–Crippen LogP) is 2.21. The molecule has 2 fully saturated rings. The van der Waals surface area contributed by atoms with E-state index in [9.17, 15) is 0 Å². The molecule has 0 aliphatic carbocycles. The zero-order chi connectivity index (χ0) is 7.14. The van der Waals surface area contributed by atoms with Crippen molar-refractivity contribution in [2.45, 2.75) is 45.3 Å². The highest BCUT2D eigenvalue weighted by Crippen LogP contribution is 2.39. The molecule has 0 saturated carbocycles. The summed E-state index contributed by atoms with van der Waals surface area (Å²) >= 11 is 0. The smallest absolute Gasteiger partial charge is 0.0630 e. The van der Waals surface area contributed by atoms with Gasteiger partial charge in [0, 0.05) is 0 Å². The van der Waals surface area contributed by atoms with Crippen LogP contribution in [0.3, 0.4) is 0 Å². The highest BCUT2D eigenvalue weighted by Gasteiger charge is 2.39. The van der Waals surface area contributed by atoms with E-state index < -0.39 is 0 Å². The summed E-state index contributed by atoms with van der Waals surface area (Å²) in [6.07, 6.45) is 5.23. The first-order valence-electron chi connectivity index (χ1n) is 4.43. The lowest BCUT2D eigenvalue weighted by atomic mass is 9.93. The second-order valence-corrected chi connectivity index (χ2v) is 3.99. The summed E-state index contributed by atoms with van der Waals surface area (Å²) in [4.78, 5) is 0. The largest absolute Gasteiger partial charge is 0.374 e. The Morgan fingerprint density at radius 1 is 1.10 bits per heavy atom. The van der Waals surface area contributed by atoms with Gasteiger partial charge in [-0.05, 0) is 31.1 Å². The minimum Gasteiger partial charge on any atom is -0.374 e. The number of hydrogen-bond donors (Lipinski definition) is 0. The fourth-order valence-electron chi connectivity index (χ4n) is 2.45. The maximum absolute atomic E-state index is 5.82. The van der Waals surface area contributed by atoms with Crippen molar-refractivity contribution in [2.24, 2.45) is 11.8 Å². The molecule has 2 bridgehead atoms. The van der Waals surface area contributed by atoms with Gasteiger partial charge in [-0.15, -0.1) is 0 Å². The van der Waals surface area contributed by atoms with Crippen molar-refractivity contribution in [1.29, 1.82) is 0 Å². The van der Waals surface area contributed by atoms with E-state index in [2.05, 4.69) is 13.8 Å². The quantitative estimate of drug-likeness (QED) is 0.501. The Kier molecular flexibility index (Phi) is 1.48. The fourth-order valence-corrected chi connectivity index (χ4v) is 2.45. The summed E-state index contributed by atoms with van der Waals surface area (Å²) in [6.45, 7) is 4.65. The SMILES string of the molecule is CC1CCC2CC(C)C1O2. The van der Waals surface area contributed by atoms with Crippen molar-refractivity contribution in [2.75, 3.05) is 0 Å². The first kappa shape index (κ1) is 6.66. The first-order chi connectivity index (χ1) is 4.77. The van der Waals surface area contributed by atoms with Gasteiger partial charge in [-0.3, -0.25) is 0 Å². The minimum absolute atomic E-state index is 0.596. The molecule has 2 aliphatic heterocycles. The third kappa shape index (κ3) is 0.878. The van der Waals surface area contributed by atoms with Gasteiger partial charge in [0.1, 0.15) is 0 Å². The van der Waals surface area contributed by atoms with Crippen molar-refractivity contribution in [3.8, 4) is 0 Å². The van der Waals surface area contributed by atoms with E-state index in [1.54, 1.807) is 0 Å². The maximum Gasteiger partial charge on any atom is 0.0630 e. The summed E-state index contributed by atoms with van der Waals surface area (Å²) in [5.74, 6) is 1.64. The van der Waals surface area contributed by atoms with Crippen molar-refractivity contribution < 1.29 is 4.74 Å². The zero-order valence-corrected chi connectivity index (χ0v) is 6.84. The fraction of sp³-hybridized carbons (Fsp3) is 1.00. The normalized spacial score (nSPS) is 53.4. The molecule has 0 spiro atoms. The minimum atomic E-state index is 0.596. The Labute approximate surface area is 62.8 Å². The van der Waals surface area contributed by atoms with Crippen LogP contribution in [0.5, 0.6) is 0 Å². The molecule has 0 aromatic heterocycles. The average molecular weight is 140 g/mol. The monoisotopic (exact) mass is 140 g/mol. The van der Waals surface area contributed by atoms with Crippen molar-refractivity contribution in [3.63, 3.8) is 0 Å². The molecule has 2 rings (SSSR count). The Morgan fingerprint density at radius 2 is 1.90 bits per heavy atom. The molecule has 0 amide bonds. The van der Waals surface area contributed by atoms with Gasteiger partial charge in [0.25, 0.3) is 0 Å². The summed E-state index contributed by atoms with van der Waals surface area (Å²) in [7, 11) is 0. The maximum atomic E-state index is 5.82. The van der Waals surface area contributed by atoms with Crippen molar-refractivity contribution >= 4 is 0 Å². The molecule has 4 atom stereocenters. The van der Waals surface area contributed by atoms with Crippen LogP contribution in [0.15, 0.2) is 0 Å². The van der Waals surface area contributed by atoms with Gasteiger partial charge in [-0.25, -0.2) is 0 Å². The van der Waals surface area contributed by atoms with Crippen LogP contribution in [0.1, 0.15) is 33.1 Å². The lowest BCUT2D eigenvalue weighted by Gasteiger charge is -2.27. The molecule has 0 radical (unpaired) electrons. The topological polar surface area (TPSA) is 9.23 Å². The number of hydrogen-bond acceptors (Lipinski definition) is 1. The van der Waals surface area contributed by atoms with E-state index in [1.807, 2.05) is 0 Å². The molecule has 10 heavy (non-hydrogen) atoms. The van der Waals surface area contributed by atoms with E-state index in [0.717, 1.165) is 11.8 Å². The molecule has 2 saturated heterocycles. The average Bonchev–Trinajstić information content (AvgIpc) is 2.21. The van der Waals surface area contributed by atoms with Gasteiger partial charge in [0.2, 0.25) is 0 Å². The molecule has 2 aliphatic rings. The summed E-state index contributed by atoms with van der Waals surface area (Å²) in [5, 5.41) is 0. The lowest BCUT2D eigenvalue weighted by molar-refractivity contribution is -0.0354. The Hall–Kier alpha value is -0.0400. The third-order valence-electron chi connectivity index (χ3n) is 3.05. The van der Waals surface area contributed by atoms with Gasteiger partial charge >= 0.3 is 0 Å². The van der Waals surface area contributed by atoms with Crippen molar-refractivity contribution in [3.05, 3.63) is 0 Å². The second kappa shape index (κ2) is 2.23. The van der Waals surface area contributed by atoms with Gasteiger partial charge in [-0.1, -0.05) is 13.8 Å². The van der Waals surface area contributed by atoms with E-state index in [0.29, 0.717) is 12.2 Å². The molecular weight excluding hydrogens is 124 g/mol. The standard InChI is InChI=1S/C9H16O/c1-6-3-4-8-5-7(2)9(6)10-8/h6-9H,3-5H2,1-2H3. The van der Waals surface area contributed by atoms with E-state index >= 15 is 0 Å². The van der Waals surface area contributed by atoms with Crippen LogP contribution < -0.4 is 0 Å². The van der Waals surface area contributed by atoms with Crippen LogP contribution in [0, 0.1) is 11.8 Å². The van der Waals surface area contributed by atoms with Crippen LogP contribution >= 0.6 is 0 Å². The van der Waals surface area contributed by atoms with E-state index in [-0.39, 0.29) is 0 Å². The first-order valence-corrected chi connectivity index (χ1v) is 4.43. The van der Waals surface area contributed by atoms with Gasteiger partial charge in [-0.2, -0.15) is 0 Å². The predicted molar refractivity (Wildman–Crippen MR) is 40.8 cm³/mol. The second-order valence-electron chi connectivity index (χ2n) is 3.99. The molecule has 0 aromatic rings. The van der Waals surface area contributed by atoms with Crippen LogP contribution in [0.4, 0.5) is 0 Å². The summed E-state index contributed by atoms with van der Waals surface area (Å²) < 4.78 is 5.82.